The average Bonchev–Trinajstić information content (AvgIpc) is 3.12. The smallest absolute Gasteiger partial charge is 0.312 e. The lowest BCUT2D eigenvalue weighted by Crippen LogP contribution is -2.35. The molecule has 1 N–H and O–H groups in total. The van der Waals surface area contributed by atoms with Crippen molar-refractivity contribution >= 4 is 45.2 Å². The van der Waals surface area contributed by atoms with E-state index in [-0.39, 0.29) is 29.2 Å². The van der Waals surface area contributed by atoms with E-state index in [0.717, 1.165) is 5.01 Å². The van der Waals surface area contributed by atoms with Gasteiger partial charge in [-0.05, 0) is 30.3 Å². The Morgan fingerprint density at radius 2 is 1.82 bits per heavy atom. The number of hydrogen-bond acceptors (Lipinski definition) is 6. The Kier molecular flexibility index (Phi) is 6.38. The van der Waals surface area contributed by atoms with Gasteiger partial charge in [-0.15, -0.1) is 0 Å². The van der Waals surface area contributed by atoms with Crippen molar-refractivity contribution in [3.63, 3.8) is 0 Å². The molecule has 4 rings (SSSR count). The van der Waals surface area contributed by atoms with E-state index in [4.69, 9.17) is 4.74 Å². The summed E-state index contributed by atoms with van der Waals surface area (Å²) < 4.78 is 6.15. The molecule has 1 fully saturated rings. The number of nitro groups is 1. The van der Waals surface area contributed by atoms with Crippen LogP contribution in [0, 0.1) is 21.4 Å². The van der Waals surface area contributed by atoms with Crippen molar-refractivity contribution in [1.29, 1.82) is 5.26 Å². The Morgan fingerprint density at radius 3 is 2.53 bits per heavy atom. The Morgan fingerprint density at radius 1 is 1.12 bits per heavy atom. The third kappa shape index (κ3) is 4.51. The number of hydrogen-bond donors (Lipinski definition) is 1. The maximum atomic E-state index is 13.0. The first-order valence-electron chi connectivity index (χ1n) is 9.90. The largest absolute Gasteiger partial charge is 0.481 e. The second-order valence-corrected chi connectivity index (χ2v) is 8.05. The second-order valence-electron chi connectivity index (χ2n) is 7.13. The van der Waals surface area contributed by atoms with Gasteiger partial charge in [0, 0.05) is 21.7 Å². The van der Waals surface area contributed by atoms with Crippen LogP contribution in [-0.4, -0.2) is 16.7 Å². The van der Waals surface area contributed by atoms with Crippen molar-refractivity contribution < 1.29 is 19.2 Å². The van der Waals surface area contributed by atoms with Gasteiger partial charge in [0.1, 0.15) is 12.2 Å². The highest BCUT2D eigenvalue weighted by molar-refractivity contribution is 9.10. The predicted molar refractivity (Wildman–Crippen MR) is 126 cm³/mol. The summed E-state index contributed by atoms with van der Waals surface area (Å²) >= 11 is 3.23. The predicted octanol–water partition coefficient (Wildman–Crippen LogP) is 4.27. The molecule has 1 heterocycles. The number of carbonyl (C=O) groups is 2. The van der Waals surface area contributed by atoms with Crippen LogP contribution in [0.4, 0.5) is 11.4 Å². The zero-order valence-electron chi connectivity index (χ0n) is 17.4. The number of hydrazine groups is 1. The summed E-state index contributed by atoms with van der Waals surface area (Å²) in [4.78, 5) is 36.7. The van der Waals surface area contributed by atoms with Crippen LogP contribution >= 0.6 is 15.9 Å². The molecule has 168 valence electrons. The van der Waals surface area contributed by atoms with Crippen LogP contribution in [0.5, 0.6) is 5.75 Å². The number of rotatable bonds is 6. The fourth-order valence-corrected chi connectivity index (χ4v) is 3.84. The molecule has 1 aliphatic rings. The molecule has 0 radical (unpaired) electrons. The number of para-hydroxylation sites is 1. The fourth-order valence-electron chi connectivity index (χ4n) is 3.38. The Bertz CT molecular complexity index is 1380. The molecule has 0 saturated carbocycles. The van der Waals surface area contributed by atoms with Crippen LogP contribution in [0.25, 0.3) is 6.08 Å². The van der Waals surface area contributed by atoms with E-state index in [1.165, 1.54) is 18.2 Å². The van der Waals surface area contributed by atoms with E-state index >= 15 is 0 Å². The molecule has 3 aromatic carbocycles. The molecule has 0 spiro atoms. The SMILES string of the molecule is N#Cc1ccccc1COc1c(/C=C2/C(=O)NN(c3ccccc3)C2=O)cc(Br)cc1[N+](=O)[O-]. The molecule has 9 nitrogen and oxygen atoms in total. The van der Waals surface area contributed by atoms with E-state index in [0.29, 0.717) is 21.3 Å². The molecule has 0 bridgehead atoms. The first-order valence-corrected chi connectivity index (χ1v) is 10.7. The lowest BCUT2D eigenvalue weighted by Gasteiger charge is -2.14. The summed E-state index contributed by atoms with van der Waals surface area (Å²) in [5.41, 5.74) is 3.44. The van der Waals surface area contributed by atoms with Gasteiger partial charge in [-0.25, -0.2) is 5.01 Å². The van der Waals surface area contributed by atoms with Crippen molar-refractivity contribution in [1.82, 2.24) is 5.43 Å². The van der Waals surface area contributed by atoms with Gasteiger partial charge < -0.3 is 4.74 Å². The summed E-state index contributed by atoms with van der Waals surface area (Å²) in [5.74, 6) is -1.40. The van der Waals surface area contributed by atoms with Crippen LogP contribution in [0.2, 0.25) is 0 Å². The molecule has 1 aliphatic heterocycles. The maximum absolute atomic E-state index is 13.0. The number of nitrogens with zero attached hydrogens (tertiary/aromatic N) is 3. The molecular weight excluding hydrogens is 504 g/mol. The summed E-state index contributed by atoms with van der Waals surface area (Å²) in [5, 5.41) is 22.1. The van der Waals surface area contributed by atoms with Crippen molar-refractivity contribution in [3.8, 4) is 11.8 Å². The summed E-state index contributed by atoms with van der Waals surface area (Å²) in [6.07, 6.45) is 1.25. The van der Waals surface area contributed by atoms with Crippen molar-refractivity contribution in [2.45, 2.75) is 6.61 Å². The molecule has 10 heteroatoms. The number of amides is 2. The van der Waals surface area contributed by atoms with Crippen LogP contribution in [0.15, 0.2) is 76.8 Å². The Balaban J connectivity index is 1.75. The van der Waals surface area contributed by atoms with Gasteiger partial charge >= 0.3 is 5.69 Å². The molecule has 2 amide bonds. The Hall–Kier alpha value is -4.49. The highest BCUT2D eigenvalue weighted by Gasteiger charge is 2.35. The zero-order chi connectivity index (χ0) is 24.2. The van der Waals surface area contributed by atoms with Gasteiger partial charge in [-0.1, -0.05) is 52.3 Å². The van der Waals surface area contributed by atoms with E-state index in [1.807, 2.05) is 6.07 Å². The van der Waals surface area contributed by atoms with E-state index in [2.05, 4.69) is 21.4 Å². The molecule has 0 aliphatic carbocycles. The minimum atomic E-state index is -0.655. The number of benzene rings is 3. The summed E-state index contributed by atoms with van der Waals surface area (Å²) in [6, 6.07) is 20.1. The number of halogens is 1. The van der Waals surface area contributed by atoms with Gasteiger partial charge in [-0.3, -0.25) is 25.1 Å². The number of nitro benzene ring substituents is 1. The van der Waals surface area contributed by atoms with Crippen LogP contribution in [0.1, 0.15) is 16.7 Å². The topological polar surface area (TPSA) is 126 Å². The second kappa shape index (κ2) is 9.56. The highest BCUT2D eigenvalue weighted by Crippen LogP contribution is 2.37. The quantitative estimate of drug-likeness (QED) is 0.225. The zero-order valence-corrected chi connectivity index (χ0v) is 19.0. The third-order valence-corrected chi connectivity index (χ3v) is 5.43. The summed E-state index contributed by atoms with van der Waals surface area (Å²) in [6.45, 7) is -0.126. The number of nitrogens with one attached hydrogen (secondary N) is 1. The minimum Gasteiger partial charge on any atom is -0.481 e. The molecule has 34 heavy (non-hydrogen) atoms. The monoisotopic (exact) mass is 518 g/mol. The van der Waals surface area contributed by atoms with Crippen LogP contribution in [-0.2, 0) is 16.2 Å². The standard InChI is InChI=1S/C24H15BrN4O5/c25-18-10-17(11-20-23(30)27-28(24(20)31)19-8-2-1-3-9-19)22(21(12-18)29(32)33)34-14-16-7-5-4-6-15(16)13-26/h1-12H,14H2,(H,27,30)/b20-11-. The first-order chi connectivity index (χ1) is 16.4. The molecule has 0 aromatic heterocycles. The maximum Gasteiger partial charge on any atom is 0.312 e. The lowest BCUT2D eigenvalue weighted by molar-refractivity contribution is -0.386. The lowest BCUT2D eigenvalue weighted by atomic mass is 10.1. The summed E-state index contributed by atoms with van der Waals surface area (Å²) in [7, 11) is 0. The van der Waals surface area contributed by atoms with E-state index in [1.54, 1.807) is 54.6 Å². The molecular formula is C24H15BrN4O5. The van der Waals surface area contributed by atoms with Crippen LogP contribution < -0.4 is 15.2 Å². The van der Waals surface area contributed by atoms with Crippen LogP contribution in [0.3, 0.4) is 0 Å². The average molecular weight is 519 g/mol. The third-order valence-electron chi connectivity index (χ3n) is 4.98. The van der Waals surface area contributed by atoms with Crippen molar-refractivity contribution in [3.05, 3.63) is 104 Å². The van der Waals surface area contributed by atoms with Gasteiger partial charge in [0.05, 0.1) is 22.2 Å². The first kappa shape index (κ1) is 22.7. The fraction of sp³-hybridized carbons (Fsp3) is 0.0417. The van der Waals surface area contributed by atoms with E-state index < -0.39 is 16.7 Å². The number of nitriles is 1. The van der Waals surface area contributed by atoms with Crippen molar-refractivity contribution in [2.75, 3.05) is 5.01 Å². The molecule has 0 atom stereocenters. The highest BCUT2D eigenvalue weighted by atomic mass is 79.9. The van der Waals surface area contributed by atoms with Gasteiger partial charge in [0.15, 0.2) is 0 Å². The van der Waals surface area contributed by atoms with Gasteiger partial charge in [-0.2, -0.15) is 5.26 Å². The molecule has 0 unspecified atom stereocenters. The number of anilines is 1. The van der Waals surface area contributed by atoms with Crippen molar-refractivity contribution in [2.24, 2.45) is 0 Å². The minimum absolute atomic E-state index is 0.126. The molecule has 1 saturated heterocycles. The van der Waals surface area contributed by atoms with Gasteiger partial charge in [0.2, 0.25) is 5.75 Å². The normalized spacial score (nSPS) is 14.1. The Labute approximate surface area is 202 Å². The van der Waals surface area contributed by atoms with Gasteiger partial charge in [0.25, 0.3) is 11.8 Å². The van der Waals surface area contributed by atoms with E-state index in [9.17, 15) is 25.0 Å². The number of carbonyl (C=O) groups excluding carboxylic acids is 2. The molecule has 3 aromatic rings. The number of ether oxygens (including phenoxy) is 1.